The lowest BCUT2D eigenvalue weighted by Gasteiger charge is -2.24. The molecule has 0 aliphatic heterocycles. The average molecular weight is 886 g/mol. The maximum atomic E-state index is 6.80. The average Bonchev–Trinajstić information content (AvgIpc) is 4.08. The predicted molar refractivity (Wildman–Crippen MR) is 281 cm³/mol. The van der Waals surface area contributed by atoms with Gasteiger partial charge in [0.15, 0.2) is 11.4 Å². The quantitative estimate of drug-likeness (QED) is 0.153. The summed E-state index contributed by atoms with van der Waals surface area (Å²) in [4.78, 5) is 9.40. The minimum absolute atomic E-state index is 0.586. The molecule has 15 rings (SSSR count). The summed E-state index contributed by atoms with van der Waals surface area (Å²) in [7, 11) is 0. The van der Waals surface area contributed by atoms with Gasteiger partial charge in [-0.3, -0.25) is 9.80 Å². The number of aromatic nitrogens is 3. The first kappa shape index (κ1) is 37.7. The van der Waals surface area contributed by atoms with E-state index in [1.54, 1.807) is 0 Å². The van der Waals surface area contributed by atoms with Crippen molar-refractivity contribution < 1.29 is 13.3 Å². The first-order chi connectivity index (χ1) is 34.1. The van der Waals surface area contributed by atoms with E-state index in [2.05, 4.69) is 168 Å². The molecular weight excluding hydrogens is 851 g/mol. The Bertz CT molecular complexity index is 4320. The standard InChI is InChI=1S/C61H35N5O3/c1-3-11-38-27-42-29-44(19-17-40(42)25-36(38)9-1)65(46-21-23-50-48-13-5-7-15-53(48)67-55(50)31-46)59-33-57-52(35-62-59)61-58(69-57)34-60(63-64-61)66(47-22-24-51-49-14-6-8-16-54(49)68-56(51)32-47)45-20-18-41-26-37-10-2-4-12-39(37)28-43(41)30-45/h1-35H. The summed E-state index contributed by atoms with van der Waals surface area (Å²) in [6, 6.07) is 71.8. The van der Waals surface area contributed by atoms with Gasteiger partial charge >= 0.3 is 0 Å². The van der Waals surface area contributed by atoms with E-state index in [-0.39, 0.29) is 0 Å². The van der Waals surface area contributed by atoms with Crippen LogP contribution in [0.3, 0.4) is 0 Å². The summed E-state index contributed by atoms with van der Waals surface area (Å²) < 4.78 is 19.6. The minimum atomic E-state index is 0.586. The lowest BCUT2D eigenvalue weighted by atomic mass is 10.0. The van der Waals surface area contributed by atoms with Gasteiger partial charge in [0, 0.05) is 63.4 Å². The monoisotopic (exact) mass is 885 g/mol. The molecule has 0 spiro atoms. The van der Waals surface area contributed by atoms with Gasteiger partial charge in [-0.05, 0) is 128 Å². The van der Waals surface area contributed by atoms with E-state index in [1.165, 1.54) is 21.5 Å². The molecule has 5 aromatic heterocycles. The zero-order valence-electron chi connectivity index (χ0n) is 36.7. The Kier molecular flexibility index (Phi) is 7.91. The first-order valence-electron chi connectivity index (χ1n) is 23.0. The second-order valence-electron chi connectivity index (χ2n) is 17.7. The summed E-state index contributed by atoms with van der Waals surface area (Å²) in [6.07, 6.45) is 1.84. The summed E-state index contributed by atoms with van der Waals surface area (Å²) in [5, 5.41) is 24.1. The summed E-state index contributed by atoms with van der Waals surface area (Å²) in [5.41, 5.74) is 8.74. The lowest BCUT2D eigenvalue weighted by Crippen LogP contribution is -2.12. The fourth-order valence-electron chi connectivity index (χ4n) is 10.3. The Labute approximate surface area is 392 Å². The van der Waals surface area contributed by atoms with Crippen LogP contribution in [-0.2, 0) is 0 Å². The molecule has 0 aliphatic carbocycles. The van der Waals surface area contributed by atoms with E-state index >= 15 is 0 Å². The summed E-state index contributed by atoms with van der Waals surface area (Å²) >= 11 is 0. The van der Waals surface area contributed by atoms with Crippen LogP contribution in [0.5, 0.6) is 0 Å². The molecular formula is C61H35N5O3. The largest absolute Gasteiger partial charge is 0.456 e. The van der Waals surface area contributed by atoms with Crippen molar-refractivity contribution in [2.75, 3.05) is 9.80 Å². The van der Waals surface area contributed by atoms with E-state index in [1.807, 2.05) is 54.7 Å². The van der Waals surface area contributed by atoms with Gasteiger partial charge in [0.2, 0.25) is 0 Å². The van der Waals surface area contributed by atoms with E-state index in [9.17, 15) is 0 Å². The van der Waals surface area contributed by atoms with Crippen molar-refractivity contribution in [1.82, 2.24) is 15.2 Å². The van der Waals surface area contributed by atoms with Gasteiger partial charge in [-0.15, -0.1) is 10.2 Å². The molecule has 10 aromatic carbocycles. The third-order valence-corrected chi connectivity index (χ3v) is 13.7. The smallest absolute Gasteiger partial charge is 0.164 e. The summed E-state index contributed by atoms with van der Waals surface area (Å²) in [6.45, 7) is 0. The predicted octanol–water partition coefficient (Wildman–Crippen LogP) is 17.1. The van der Waals surface area contributed by atoms with Gasteiger partial charge in [0.25, 0.3) is 0 Å². The molecule has 0 N–H and O–H groups in total. The van der Waals surface area contributed by atoms with Crippen molar-refractivity contribution in [1.29, 1.82) is 0 Å². The molecule has 0 saturated heterocycles. The second-order valence-corrected chi connectivity index (χ2v) is 17.7. The Balaban J connectivity index is 0.887. The molecule has 69 heavy (non-hydrogen) atoms. The summed E-state index contributed by atoms with van der Waals surface area (Å²) in [5.74, 6) is 1.27. The molecule has 322 valence electrons. The number of pyridine rings is 1. The van der Waals surface area contributed by atoms with E-state index in [0.717, 1.165) is 93.6 Å². The number of hydrogen-bond acceptors (Lipinski definition) is 8. The van der Waals surface area contributed by atoms with Crippen molar-refractivity contribution in [3.63, 3.8) is 0 Å². The normalized spacial score (nSPS) is 12.1. The van der Waals surface area contributed by atoms with Crippen molar-refractivity contribution in [2.24, 2.45) is 0 Å². The Morgan fingerprint density at radius 3 is 1.25 bits per heavy atom. The molecule has 0 amide bonds. The molecule has 15 aromatic rings. The van der Waals surface area contributed by atoms with Crippen LogP contribution in [0.2, 0.25) is 0 Å². The van der Waals surface area contributed by atoms with Crippen LogP contribution in [0.25, 0.3) is 109 Å². The van der Waals surface area contributed by atoms with Crippen LogP contribution >= 0.6 is 0 Å². The van der Waals surface area contributed by atoms with Crippen molar-refractivity contribution in [3.8, 4) is 0 Å². The maximum Gasteiger partial charge on any atom is 0.164 e. The number of nitrogens with zero attached hydrogens (tertiary/aromatic N) is 5. The molecule has 0 saturated carbocycles. The maximum absolute atomic E-state index is 6.80. The molecule has 0 aliphatic rings. The number of benzene rings is 10. The number of para-hydroxylation sites is 2. The van der Waals surface area contributed by atoms with E-state index in [4.69, 9.17) is 28.4 Å². The number of rotatable bonds is 6. The van der Waals surface area contributed by atoms with Crippen LogP contribution < -0.4 is 9.80 Å². The fraction of sp³-hybridized carbons (Fsp3) is 0. The van der Waals surface area contributed by atoms with Crippen molar-refractivity contribution in [2.45, 2.75) is 0 Å². The highest BCUT2D eigenvalue weighted by Crippen LogP contribution is 2.43. The lowest BCUT2D eigenvalue weighted by molar-refractivity contribution is 0.666. The number of hydrogen-bond donors (Lipinski definition) is 0. The Morgan fingerprint density at radius 2 is 0.681 bits per heavy atom. The van der Waals surface area contributed by atoms with Gasteiger partial charge < -0.3 is 13.3 Å². The van der Waals surface area contributed by atoms with Crippen LogP contribution in [0.15, 0.2) is 226 Å². The molecule has 8 nitrogen and oxygen atoms in total. The Morgan fingerprint density at radius 1 is 0.275 bits per heavy atom. The Hall–Kier alpha value is -9.53. The van der Waals surface area contributed by atoms with Crippen LogP contribution in [0.4, 0.5) is 34.4 Å². The molecule has 5 heterocycles. The van der Waals surface area contributed by atoms with Gasteiger partial charge in [-0.2, -0.15) is 0 Å². The highest BCUT2D eigenvalue weighted by atomic mass is 16.3. The minimum Gasteiger partial charge on any atom is -0.456 e. The van der Waals surface area contributed by atoms with Crippen LogP contribution in [0, 0.1) is 0 Å². The van der Waals surface area contributed by atoms with Gasteiger partial charge in [-0.25, -0.2) is 4.98 Å². The molecule has 0 unspecified atom stereocenters. The zero-order valence-corrected chi connectivity index (χ0v) is 36.7. The first-order valence-corrected chi connectivity index (χ1v) is 23.0. The number of fused-ring (bicyclic) bond motifs is 13. The number of anilines is 6. The molecule has 0 fully saturated rings. The van der Waals surface area contributed by atoms with E-state index < -0.39 is 0 Å². The van der Waals surface area contributed by atoms with Crippen LogP contribution in [0.1, 0.15) is 0 Å². The molecule has 0 bridgehead atoms. The van der Waals surface area contributed by atoms with Gasteiger partial charge in [0.1, 0.15) is 39.2 Å². The van der Waals surface area contributed by atoms with Gasteiger partial charge in [0.05, 0.1) is 16.8 Å². The van der Waals surface area contributed by atoms with Gasteiger partial charge in [-0.1, -0.05) is 97.1 Å². The fourth-order valence-corrected chi connectivity index (χ4v) is 10.3. The SMILES string of the molecule is c1ccc2cc3cc(N(c4ccc5c(c4)oc4ccccc45)c4cc5oc6cc(N(c7ccc8cc9ccccc9cc8c7)c7ccc8c(c7)oc7ccccc78)nnc6c5cn4)ccc3cc2c1. The van der Waals surface area contributed by atoms with Crippen molar-refractivity contribution in [3.05, 3.63) is 212 Å². The second kappa shape index (κ2) is 14.5. The highest BCUT2D eigenvalue weighted by molar-refractivity contribution is 6.09. The highest BCUT2D eigenvalue weighted by Gasteiger charge is 2.23. The topological polar surface area (TPSA) is 84.6 Å². The molecule has 8 heteroatoms. The molecule has 0 atom stereocenters. The third kappa shape index (κ3) is 5.99. The molecule has 0 radical (unpaired) electrons. The van der Waals surface area contributed by atoms with Crippen molar-refractivity contribution >= 4 is 143 Å². The van der Waals surface area contributed by atoms with E-state index in [0.29, 0.717) is 28.3 Å². The van der Waals surface area contributed by atoms with Crippen LogP contribution in [-0.4, -0.2) is 15.2 Å². The number of furan rings is 3. The zero-order chi connectivity index (χ0) is 45.2. The third-order valence-electron chi connectivity index (χ3n) is 13.7.